The van der Waals surface area contributed by atoms with Crippen LogP contribution in [0.4, 0.5) is 61.5 Å². The lowest BCUT2D eigenvalue weighted by Crippen LogP contribution is -2.56. The standard InChI is InChI=1S/C9H4F14O/c10-1-4(11,12)24-3-2(6(15,16)9(21,22)23)5(13,14)8(19,20)7(3,17)18/h2-3H,1H2. The Morgan fingerprint density at radius 2 is 1.17 bits per heavy atom. The zero-order valence-electron chi connectivity index (χ0n) is 10.6. The summed E-state index contributed by atoms with van der Waals surface area (Å²) in [7, 11) is 0. The van der Waals surface area contributed by atoms with Gasteiger partial charge in [0.05, 0.1) is 0 Å². The van der Waals surface area contributed by atoms with Gasteiger partial charge in [0, 0.05) is 0 Å². The average Bonchev–Trinajstić information content (AvgIpc) is 2.44. The van der Waals surface area contributed by atoms with Crippen molar-refractivity contribution in [3.63, 3.8) is 0 Å². The molecule has 0 spiro atoms. The van der Waals surface area contributed by atoms with Crippen LogP contribution in [0.2, 0.25) is 0 Å². The Kier molecular flexibility index (Phi) is 4.59. The lowest BCUT2D eigenvalue weighted by Gasteiger charge is -2.33. The van der Waals surface area contributed by atoms with Gasteiger partial charge in [-0.05, 0) is 0 Å². The highest BCUT2D eigenvalue weighted by Gasteiger charge is 2.92. The van der Waals surface area contributed by atoms with E-state index < -0.39 is 54.7 Å². The first-order chi connectivity index (χ1) is 10.3. The topological polar surface area (TPSA) is 9.23 Å². The quantitative estimate of drug-likeness (QED) is 0.630. The monoisotopic (exact) mass is 394 g/mol. The molecule has 1 fully saturated rings. The van der Waals surface area contributed by atoms with Crippen LogP contribution in [-0.4, -0.2) is 48.8 Å². The van der Waals surface area contributed by atoms with Crippen LogP contribution in [0.5, 0.6) is 0 Å². The van der Waals surface area contributed by atoms with Crippen LogP contribution < -0.4 is 0 Å². The minimum atomic E-state index is -7.09. The summed E-state index contributed by atoms with van der Waals surface area (Å²) >= 11 is 0. The predicted octanol–water partition coefficient (Wildman–Crippen LogP) is 4.67. The number of halogens is 14. The second kappa shape index (κ2) is 5.24. The Bertz CT molecular complexity index is 479. The van der Waals surface area contributed by atoms with Crippen LogP contribution in [0.3, 0.4) is 0 Å². The summed E-state index contributed by atoms with van der Waals surface area (Å²) in [6.45, 7) is -3.14. The SMILES string of the molecule is FCC(F)(F)OC1C(C(F)(F)C(F)(F)F)C(F)(F)C(F)(F)C1(F)F. The lowest BCUT2D eigenvalue weighted by molar-refractivity contribution is -0.361. The third-order valence-corrected chi connectivity index (χ3v) is 3.11. The first-order valence-corrected chi connectivity index (χ1v) is 5.47. The third-order valence-electron chi connectivity index (χ3n) is 3.11. The van der Waals surface area contributed by atoms with Crippen molar-refractivity contribution in [3.8, 4) is 0 Å². The Morgan fingerprint density at radius 3 is 1.50 bits per heavy atom. The normalized spacial score (nSPS) is 29.8. The molecule has 0 amide bonds. The zero-order valence-corrected chi connectivity index (χ0v) is 10.6. The number of alkyl halides is 14. The minimum absolute atomic E-state index is 2.53. The largest absolute Gasteiger partial charge is 0.453 e. The van der Waals surface area contributed by atoms with Crippen molar-refractivity contribution >= 4 is 0 Å². The molecule has 1 rings (SSSR count). The van der Waals surface area contributed by atoms with Crippen molar-refractivity contribution in [3.05, 3.63) is 0 Å². The van der Waals surface area contributed by atoms with Gasteiger partial charge in [-0.3, -0.25) is 0 Å². The maximum Gasteiger partial charge on any atom is 0.453 e. The average molecular weight is 394 g/mol. The smallest absolute Gasteiger partial charge is 0.308 e. The molecule has 0 aromatic carbocycles. The van der Waals surface area contributed by atoms with Crippen molar-refractivity contribution in [1.82, 2.24) is 0 Å². The molecule has 0 aromatic rings. The summed E-state index contributed by atoms with van der Waals surface area (Å²) < 4.78 is 181. The number of rotatable bonds is 4. The van der Waals surface area contributed by atoms with E-state index in [0.717, 1.165) is 0 Å². The first kappa shape index (κ1) is 21.0. The van der Waals surface area contributed by atoms with Crippen molar-refractivity contribution in [1.29, 1.82) is 0 Å². The van der Waals surface area contributed by atoms with E-state index in [4.69, 9.17) is 0 Å². The molecule has 0 heterocycles. The molecule has 24 heavy (non-hydrogen) atoms. The molecule has 1 aliphatic carbocycles. The van der Waals surface area contributed by atoms with Crippen LogP contribution in [-0.2, 0) is 4.74 Å². The van der Waals surface area contributed by atoms with E-state index in [1.54, 1.807) is 0 Å². The highest BCUT2D eigenvalue weighted by molar-refractivity contribution is 5.18. The van der Waals surface area contributed by atoms with Gasteiger partial charge in [0.1, 0.15) is 12.0 Å². The molecule has 0 aromatic heterocycles. The third kappa shape index (κ3) is 2.67. The molecule has 2 atom stereocenters. The van der Waals surface area contributed by atoms with E-state index in [1.165, 1.54) is 0 Å². The van der Waals surface area contributed by atoms with E-state index in [2.05, 4.69) is 4.74 Å². The van der Waals surface area contributed by atoms with Gasteiger partial charge in [-0.1, -0.05) is 0 Å². The van der Waals surface area contributed by atoms with Gasteiger partial charge in [-0.2, -0.15) is 57.1 Å². The molecular weight excluding hydrogens is 390 g/mol. The highest BCUT2D eigenvalue weighted by Crippen LogP contribution is 2.66. The fraction of sp³-hybridized carbons (Fsp3) is 1.00. The molecule has 0 N–H and O–H groups in total. The molecular formula is C9H4F14O. The minimum Gasteiger partial charge on any atom is -0.308 e. The molecule has 144 valence electrons. The maximum atomic E-state index is 13.2. The Hall–Kier alpha value is -1.02. The molecule has 1 nitrogen and oxygen atoms in total. The zero-order chi connectivity index (χ0) is 19.6. The van der Waals surface area contributed by atoms with E-state index in [0.29, 0.717) is 0 Å². The predicted molar refractivity (Wildman–Crippen MR) is 45.1 cm³/mol. The molecule has 0 saturated heterocycles. The van der Waals surface area contributed by atoms with Gasteiger partial charge in [-0.15, -0.1) is 0 Å². The summed E-state index contributed by atoms with van der Waals surface area (Å²) in [5.41, 5.74) is 0. The van der Waals surface area contributed by atoms with Crippen molar-refractivity contribution in [2.24, 2.45) is 5.92 Å². The van der Waals surface area contributed by atoms with Crippen LogP contribution in [0, 0.1) is 5.92 Å². The number of hydrogen-bond donors (Lipinski definition) is 0. The number of ether oxygens (including phenoxy) is 1. The summed E-state index contributed by atoms with van der Waals surface area (Å²) in [5.74, 6) is -32.7. The van der Waals surface area contributed by atoms with Crippen LogP contribution >= 0.6 is 0 Å². The molecule has 1 aliphatic rings. The summed E-state index contributed by atoms with van der Waals surface area (Å²) in [4.78, 5) is 0. The van der Waals surface area contributed by atoms with Gasteiger partial charge >= 0.3 is 36.0 Å². The Labute approximate surface area is 122 Å². The molecule has 0 bridgehead atoms. The summed E-state index contributed by atoms with van der Waals surface area (Å²) in [5, 5.41) is 0. The van der Waals surface area contributed by atoms with Crippen LogP contribution in [0.1, 0.15) is 0 Å². The van der Waals surface area contributed by atoms with E-state index in [1.807, 2.05) is 0 Å². The second-order valence-corrected chi connectivity index (χ2v) is 4.73. The van der Waals surface area contributed by atoms with Crippen LogP contribution in [0.15, 0.2) is 0 Å². The lowest BCUT2D eigenvalue weighted by atomic mass is 9.93. The summed E-state index contributed by atoms with van der Waals surface area (Å²) in [6, 6.07) is 0. The van der Waals surface area contributed by atoms with Crippen LogP contribution in [0.25, 0.3) is 0 Å². The Balaban J connectivity index is 3.61. The number of hydrogen-bond acceptors (Lipinski definition) is 1. The second-order valence-electron chi connectivity index (χ2n) is 4.73. The van der Waals surface area contributed by atoms with Crippen molar-refractivity contribution in [2.75, 3.05) is 6.67 Å². The highest BCUT2D eigenvalue weighted by atomic mass is 19.4. The summed E-state index contributed by atoms with van der Waals surface area (Å²) in [6.07, 6.45) is -17.7. The van der Waals surface area contributed by atoms with Gasteiger partial charge in [0.2, 0.25) is 0 Å². The molecule has 1 saturated carbocycles. The van der Waals surface area contributed by atoms with Gasteiger partial charge in [-0.25, -0.2) is 4.39 Å². The van der Waals surface area contributed by atoms with Crippen molar-refractivity contribution < 1.29 is 66.2 Å². The fourth-order valence-electron chi connectivity index (χ4n) is 1.95. The first-order valence-electron chi connectivity index (χ1n) is 5.47. The van der Waals surface area contributed by atoms with Gasteiger partial charge in [0.15, 0.2) is 6.67 Å². The van der Waals surface area contributed by atoms with E-state index >= 15 is 0 Å². The van der Waals surface area contributed by atoms with E-state index in [-0.39, 0.29) is 0 Å². The molecule has 15 heteroatoms. The molecule has 0 radical (unpaired) electrons. The van der Waals surface area contributed by atoms with Gasteiger partial charge in [0.25, 0.3) is 0 Å². The Morgan fingerprint density at radius 1 is 0.750 bits per heavy atom. The van der Waals surface area contributed by atoms with E-state index in [9.17, 15) is 61.5 Å². The van der Waals surface area contributed by atoms with Gasteiger partial charge < -0.3 is 4.74 Å². The maximum absolute atomic E-state index is 13.2. The molecule has 0 aliphatic heterocycles. The fourth-order valence-corrected chi connectivity index (χ4v) is 1.95. The van der Waals surface area contributed by atoms with Crippen molar-refractivity contribution in [2.45, 2.75) is 42.1 Å². The molecule has 2 unspecified atom stereocenters.